The van der Waals surface area contributed by atoms with Crippen LogP contribution in [0, 0.1) is 5.92 Å². The van der Waals surface area contributed by atoms with Crippen LogP contribution in [0.5, 0.6) is 0 Å². The normalized spacial score (nSPS) is 17.1. The van der Waals surface area contributed by atoms with E-state index in [4.69, 9.17) is 0 Å². The molecule has 2 amide bonds. The van der Waals surface area contributed by atoms with Crippen LogP contribution in [0.15, 0.2) is 71.6 Å². The van der Waals surface area contributed by atoms with Crippen LogP contribution < -0.4 is 10.6 Å². The van der Waals surface area contributed by atoms with E-state index in [0.717, 1.165) is 10.8 Å². The highest BCUT2D eigenvalue weighted by Gasteiger charge is 2.33. The van der Waals surface area contributed by atoms with Gasteiger partial charge in [0, 0.05) is 31.4 Å². The number of carbonyl (C=O) groups is 2. The van der Waals surface area contributed by atoms with Gasteiger partial charge in [-0.05, 0) is 53.9 Å². The molecule has 2 N–H and O–H groups in total. The van der Waals surface area contributed by atoms with Crippen molar-refractivity contribution in [3.05, 3.63) is 66.7 Å². The van der Waals surface area contributed by atoms with Gasteiger partial charge in [0.05, 0.1) is 10.8 Å². The lowest BCUT2D eigenvalue weighted by atomic mass is 9.98. The van der Waals surface area contributed by atoms with Crippen LogP contribution in [-0.4, -0.2) is 37.6 Å². The molecule has 0 unspecified atom stereocenters. The van der Waals surface area contributed by atoms with Gasteiger partial charge < -0.3 is 10.6 Å². The highest BCUT2D eigenvalue weighted by molar-refractivity contribution is 7.89. The minimum atomic E-state index is -3.71. The van der Waals surface area contributed by atoms with Gasteiger partial charge in [-0.2, -0.15) is 4.31 Å². The summed E-state index contributed by atoms with van der Waals surface area (Å²) in [6.45, 7) is 1.93. The second kappa shape index (κ2) is 9.10. The second-order valence-electron chi connectivity index (χ2n) is 7.96. The molecule has 4 rings (SSSR count). The number of amides is 2. The maximum Gasteiger partial charge on any atom is 0.243 e. The van der Waals surface area contributed by atoms with Gasteiger partial charge in [0.1, 0.15) is 0 Å². The fraction of sp³-hybridized carbons (Fsp3) is 0.250. The molecule has 8 heteroatoms. The third kappa shape index (κ3) is 4.81. The molecule has 32 heavy (non-hydrogen) atoms. The Balaban J connectivity index is 1.48. The summed E-state index contributed by atoms with van der Waals surface area (Å²) in [5.74, 6) is -0.887. The highest BCUT2D eigenvalue weighted by Crippen LogP contribution is 2.27. The Hall–Kier alpha value is -3.23. The number of nitrogens with zero attached hydrogens (tertiary/aromatic N) is 1. The van der Waals surface area contributed by atoms with Crippen LogP contribution in [0.2, 0.25) is 0 Å². The second-order valence-corrected chi connectivity index (χ2v) is 9.90. The molecular formula is C24H25N3O4S. The number of rotatable bonds is 5. The van der Waals surface area contributed by atoms with Crippen molar-refractivity contribution in [1.29, 1.82) is 0 Å². The number of nitrogens with one attached hydrogen (secondary N) is 2. The smallest absolute Gasteiger partial charge is 0.243 e. The molecule has 166 valence electrons. The Bertz CT molecular complexity index is 1270. The minimum absolute atomic E-state index is 0.131. The Morgan fingerprint density at radius 3 is 2.38 bits per heavy atom. The van der Waals surface area contributed by atoms with Crippen molar-refractivity contribution in [3.63, 3.8) is 0 Å². The molecule has 0 saturated carbocycles. The first-order valence-electron chi connectivity index (χ1n) is 10.5. The van der Waals surface area contributed by atoms with Crippen molar-refractivity contribution < 1.29 is 18.0 Å². The van der Waals surface area contributed by atoms with Crippen molar-refractivity contribution in [2.45, 2.75) is 24.7 Å². The van der Waals surface area contributed by atoms with Gasteiger partial charge >= 0.3 is 0 Å². The monoisotopic (exact) mass is 451 g/mol. The van der Waals surface area contributed by atoms with Crippen molar-refractivity contribution in [3.8, 4) is 0 Å². The average molecular weight is 452 g/mol. The van der Waals surface area contributed by atoms with Crippen LogP contribution in [0.25, 0.3) is 10.8 Å². The van der Waals surface area contributed by atoms with E-state index in [1.54, 1.807) is 42.5 Å². The number of piperidine rings is 1. The Kier molecular flexibility index (Phi) is 6.25. The summed E-state index contributed by atoms with van der Waals surface area (Å²) < 4.78 is 27.9. The Labute approximate surface area is 187 Å². The van der Waals surface area contributed by atoms with Crippen molar-refractivity contribution in [2.24, 2.45) is 5.92 Å². The fourth-order valence-corrected chi connectivity index (χ4v) is 5.53. The number of sulfonamides is 1. The van der Waals surface area contributed by atoms with Gasteiger partial charge in [0.2, 0.25) is 21.8 Å². The first-order chi connectivity index (χ1) is 15.3. The lowest BCUT2D eigenvalue weighted by Crippen LogP contribution is -2.43. The quantitative estimate of drug-likeness (QED) is 0.616. The van der Waals surface area contributed by atoms with Crippen molar-refractivity contribution in [1.82, 2.24) is 4.31 Å². The van der Waals surface area contributed by atoms with E-state index in [1.807, 2.05) is 24.3 Å². The number of hydrogen-bond acceptors (Lipinski definition) is 4. The van der Waals surface area contributed by atoms with Crippen molar-refractivity contribution >= 4 is 44.0 Å². The fourth-order valence-electron chi connectivity index (χ4n) is 3.97. The molecule has 1 atom stereocenters. The maximum absolute atomic E-state index is 13.3. The molecule has 7 nitrogen and oxygen atoms in total. The van der Waals surface area contributed by atoms with E-state index in [-0.39, 0.29) is 23.3 Å². The first-order valence-corrected chi connectivity index (χ1v) is 11.9. The molecule has 3 aromatic rings. The lowest BCUT2D eigenvalue weighted by molar-refractivity contribution is -0.121. The SMILES string of the molecule is CC(=O)Nc1cccc(NC(=O)[C@@H]2CCCN(S(=O)(=O)c3ccc4ccccc4c3)C2)c1. The molecule has 1 aliphatic rings. The van der Waals surface area contributed by atoms with Crippen LogP contribution in [0.3, 0.4) is 0 Å². The summed E-state index contributed by atoms with van der Waals surface area (Å²) in [5, 5.41) is 7.36. The number of carbonyl (C=O) groups excluding carboxylic acids is 2. The van der Waals surface area contributed by atoms with Crippen LogP contribution in [0.4, 0.5) is 11.4 Å². The van der Waals surface area contributed by atoms with E-state index >= 15 is 0 Å². The third-order valence-corrected chi connectivity index (χ3v) is 7.43. The van der Waals surface area contributed by atoms with E-state index in [1.165, 1.54) is 11.2 Å². The molecule has 0 aromatic heterocycles. The standard InChI is InChI=1S/C24H25N3O4S/c1-17(28)25-21-9-4-10-22(15-21)26-24(29)20-8-5-13-27(16-20)32(30,31)23-12-11-18-6-2-3-7-19(18)14-23/h2-4,6-7,9-12,14-15,20H,5,8,13,16H2,1H3,(H,25,28)(H,26,29)/t20-/m1/s1. The van der Waals surface area contributed by atoms with E-state index in [9.17, 15) is 18.0 Å². The van der Waals surface area contributed by atoms with Crippen molar-refractivity contribution in [2.75, 3.05) is 23.7 Å². The van der Waals surface area contributed by atoms with Gasteiger partial charge in [0.25, 0.3) is 0 Å². The summed E-state index contributed by atoms with van der Waals surface area (Å²) in [6.07, 6.45) is 1.22. The summed E-state index contributed by atoms with van der Waals surface area (Å²) in [7, 11) is -3.71. The maximum atomic E-state index is 13.3. The highest BCUT2D eigenvalue weighted by atomic mass is 32.2. The van der Waals surface area contributed by atoms with Gasteiger partial charge in [0.15, 0.2) is 0 Å². The molecule has 0 aliphatic carbocycles. The zero-order valence-corrected chi connectivity index (χ0v) is 18.6. The molecule has 1 fully saturated rings. The van der Waals surface area contributed by atoms with E-state index in [0.29, 0.717) is 30.8 Å². The zero-order chi connectivity index (χ0) is 22.7. The summed E-state index contributed by atoms with van der Waals surface area (Å²) in [5.41, 5.74) is 1.13. The molecule has 0 radical (unpaired) electrons. The molecule has 1 aliphatic heterocycles. The summed E-state index contributed by atoms with van der Waals surface area (Å²) in [4.78, 5) is 24.4. The zero-order valence-electron chi connectivity index (χ0n) is 17.7. The topological polar surface area (TPSA) is 95.6 Å². The number of anilines is 2. The van der Waals surface area contributed by atoms with E-state index < -0.39 is 15.9 Å². The predicted octanol–water partition coefficient (Wildman–Crippen LogP) is 3.84. The van der Waals surface area contributed by atoms with Crippen LogP contribution >= 0.6 is 0 Å². The molecule has 0 spiro atoms. The molecular weight excluding hydrogens is 426 g/mol. The predicted molar refractivity (Wildman–Crippen MR) is 125 cm³/mol. The van der Waals surface area contributed by atoms with Crippen LogP contribution in [0.1, 0.15) is 19.8 Å². The van der Waals surface area contributed by atoms with Gasteiger partial charge in [-0.3, -0.25) is 9.59 Å². The van der Waals surface area contributed by atoms with Gasteiger partial charge in [-0.25, -0.2) is 8.42 Å². The minimum Gasteiger partial charge on any atom is -0.326 e. The molecule has 1 saturated heterocycles. The summed E-state index contributed by atoms with van der Waals surface area (Å²) >= 11 is 0. The third-order valence-electron chi connectivity index (χ3n) is 5.56. The molecule has 1 heterocycles. The van der Waals surface area contributed by atoms with E-state index in [2.05, 4.69) is 10.6 Å². The van der Waals surface area contributed by atoms with Gasteiger partial charge in [-0.15, -0.1) is 0 Å². The van der Waals surface area contributed by atoms with Crippen LogP contribution in [-0.2, 0) is 19.6 Å². The Morgan fingerprint density at radius 2 is 1.62 bits per heavy atom. The lowest BCUT2D eigenvalue weighted by Gasteiger charge is -2.31. The number of hydrogen-bond donors (Lipinski definition) is 2. The largest absolute Gasteiger partial charge is 0.326 e. The number of benzene rings is 3. The molecule has 3 aromatic carbocycles. The van der Waals surface area contributed by atoms with Gasteiger partial charge in [-0.1, -0.05) is 36.4 Å². The molecule has 0 bridgehead atoms. The number of fused-ring (bicyclic) bond motifs is 1. The Morgan fingerprint density at radius 1 is 0.906 bits per heavy atom. The first kappa shape index (κ1) is 22.0. The average Bonchev–Trinajstić information content (AvgIpc) is 2.78. The summed E-state index contributed by atoms with van der Waals surface area (Å²) in [6, 6.07) is 19.6.